The maximum Gasteiger partial charge on any atom is 0.276 e. The number of nitriles is 1. The van der Waals surface area contributed by atoms with E-state index in [1.807, 2.05) is 19.9 Å². The lowest BCUT2D eigenvalue weighted by Crippen LogP contribution is -2.22. The first-order chi connectivity index (χ1) is 12.0. The van der Waals surface area contributed by atoms with Gasteiger partial charge in [-0.05, 0) is 24.1 Å². The molecular weight excluding hydrogens is 320 g/mol. The maximum absolute atomic E-state index is 12.9. The number of aliphatic hydroxyl groups excluding tert-OH is 1. The lowest BCUT2D eigenvalue weighted by Gasteiger charge is -2.14. The number of aliphatic hydroxyl groups is 1. The van der Waals surface area contributed by atoms with E-state index < -0.39 is 0 Å². The molecule has 2 heterocycles. The third-order valence-corrected chi connectivity index (χ3v) is 4.12. The van der Waals surface area contributed by atoms with E-state index in [2.05, 4.69) is 10.1 Å². The summed E-state index contributed by atoms with van der Waals surface area (Å²) in [6, 6.07) is 7.31. The molecule has 0 bridgehead atoms. The van der Waals surface area contributed by atoms with Gasteiger partial charge >= 0.3 is 0 Å². The highest BCUT2D eigenvalue weighted by molar-refractivity contribution is 5.69. The molecule has 7 heteroatoms. The Morgan fingerprint density at radius 3 is 2.80 bits per heavy atom. The van der Waals surface area contributed by atoms with Crippen LogP contribution in [-0.4, -0.2) is 26.8 Å². The number of aromatic amines is 1. The van der Waals surface area contributed by atoms with Gasteiger partial charge in [0.25, 0.3) is 5.56 Å². The molecule has 0 spiro atoms. The van der Waals surface area contributed by atoms with Crippen LogP contribution in [0.5, 0.6) is 5.75 Å². The summed E-state index contributed by atoms with van der Waals surface area (Å²) in [6.45, 7) is 3.64. The van der Waals surface area contributed by atoms with Crippen molar-refractivity contribution in [2.45, 2.75) is 26.4 Å². The van der Waals surface area contributed by atoms with E-state index in [9.17, 15) is 15.2 Å². The molecule has 2 aromatic heterocycles. The van der Waals surface area contributed by atoms with Crippen molar-refractivity contribution in [3.05, 3.63) is 51.4 Å². The van der Waals surface area contributed by atoms with Crippen molar-refractivity contribution >= 4 is 5.65 Å². The molecule has 0 aliphatic heterocycles. The molecule has 0 radical (unpaired) electrons. The molecule has 0 aliphatic carbocycles. The quantitative estimate of drug-likeness (QED) is 0.759. The highest BCUT2D eigenvalue weighted by Crippen LogP contribution is 2.30. The Labute approximate surface area is 144 Å². The standard InChI is InChI=1S/C18H18N4O3/c1-10(2)15-16(11-4-5-14(25-3)12(6-11)9-23)21-17-13(7-19)8-20-22(17)18(15)24/h4-6,8,10,20,23H,9H2,1-3H3. The zero-order valence-electron chi connectivity index (χ0n) is 14.2. The fourth-order valence-corrected chi connectivity index (χ4v) is 2.90. The van der Waals surface area contributed by atoms with Crippen molar-refractivity contribution in [3.63, 3.8) is 0 Å². The van der Waals surface area contributed by atoms with Crippen LogP contribution in [0.3, 0.4) is 0 Å². The smallest absolute Gasteiger partial charge is 0.276 e. The molecule has 3 aromatic rings. The van der Waals surface area contributed by atoms with Gasteiger partial charge in [0.15, 0.2) is 5.65 Å². The van der Waals surface area contributed by atoms with Gasteiger partial charge in [-0.25, -0.2) is 9.50 Å². The van der Waals surface area contributed by atoms with Crippen molar-refractivity contribution in [2.24, 2.45) is 0 Å². The normalized spacial score (nSPS) is 11.0. The zero-order valence-corrected chi connectivity index (χ0v) is 14.2. The van der Waals surface area contributed by atoms with E-state index in [1.54, 1.807) is 18.2 Å². The highest BCUT2D eigenvalue weighted by Gasteiger charge is 2.20. The van der Waals surface area contributed by atoms with Gasteiger partial charge in [0.1, 0.15) is 17.4 Å². The monoisotopic (exact) mass is 338 g/mol. The largest absolute Gasteiger partial charge is 0.496 e. The Bertz CT molecular complexity index is 1040. The molecule has 0 saturated heterocycles. The molecule has 2 N–H and O–H groups in total. The van der Waals surface area contributed by atoms with Gasteiger partial charge in [0.2, 0.25) is 0 Å². The van der Waals surface area contributed by atoms with E-state index in [0.29, 0.717) is 33.7 Å². The fraction of sp³-hybridized carbons (Fsp3) is 0.278. The molecule has 3 rings (SSSR count). The van der Waals surface area contributed by atoms with Gasteiger partial charge in [0, 0.05) is 22.9 Å². The SMILES string of the molecule is COc1ccc(-c2nc3c(C#N)c[nH]n3c(=O)c2C(C)C)cc1CO. The van der Waals surface area contributed by atoms with Crippen LogP contribution < -0.4 is 10.3 Å². The summed E-state index contributed by atoms with van der Waals surface area (Å²) in [7, 11) is 1.53. The molecule has 1 aromatic carbocycles. The molecule has 0 unspecified atom stereocenters. The van der Waals surface area contributed by atoms with Gasteiger partial charge < -0.3 is 9.84 Å². The summed E-state index contributed by atoms with van der Waals surface area (Å²) < 4.78 is 6.51. The first-order valence-corrected chi connectivity index (χ1v) is 7.84. The number of ether oxygens (including phenoxy) is 1. The topological polar surface area (TPSA) is 103 Å². The third-order valence-electron chi connectivity index (χ3n) is 4.12. The number of hydrogen-bond acceptors (Lipinski definition) is 5. The molecule has 128 valence electrons. The molecular formula is C18H18N4O3. The number of benzene rings is 1. The Hall–Kier alpha value is -3.11. The average Bonchev–Trinajstić information content (AvgIpc) is 3.03. The van der Waals surface area contributed by atoms with Crippen molar-refractivity contribution < 1.29 is 9.84 Å². The van der Waals surface area contributed by atoms with Crippen LogP contribution in [0.2, 0.25) is 0 Å². The predicted molar refractivity (Wildman–Crippen MR) is 92.5 cm³/mol. The summed E-state index contributed by atoms with van der Waals surface area (Å²) in [5.41, 5.74) is 2.69. The minimum Gasteiger partial charge on any atom is -0.496 e. The Balaban J connectivity index is 2.37. The number of hydrogen-bond donors (Lipinski definition) is 2. The van der Waals surface area contributed by atoms with Crippen LogP contribution in [0.4, 0.5) is 0 Å². The lowest BCUT2D eigenvalue weighted by molar-refractivity contribution is 0.274. The fourth-order valence-electron chi connectivity index (χ4n) is 2.90. The number of aromatic nitrogens is 3. The number of fused-ring (bicyclic) bond motifs is 1. The van der Waals surface area contributed by atoms with E-state index >= 15 is 0 Å². The Kier molecular flexibility index (Phi) is 4.30. The second-order valence-corrected chi connectivity index (χ2v) is 5.98. The number of H-pyrrole nitrogens is 1. The van der Waals surface area contributed by atoms with Crippen LogP contribution in [0.1, 0.15) is 36.5 Å². The van der Waals surface area contributed by atoms with Crippen LogP contribution >= 0.6 is 0 Å². The summed E-state index contributed by atoms with van der Waals surface area (Å²) in [6.07, 6.45) is 1.46. The summed E-state index contributed by atoms with van der Waals surface area (Å²) in [4.78, 5) is 17.5. The highest BCUT2D eigenvalue weighted by atomic mass is 16.5. The van der Waals surface area contributed by atoms with Gasteiger partial charge in [-0.15, -0.1) is 0 Å². The third kappa shape index (κ3) is 2.66. The summed E-state index contributed by atoms with van der Waals surface area (Å²) >= 11 is 0. The van der Waals surface area contributed by atoms with E-state index in [4.69, 9.17) is 4.74 Å². The van der Waals surface area contributed by atoms with Gasteiger partial charge in [0.05, 0.1) is 19.4 Å². The number of rotatable bonds is 4. The van der Waals surface area contributed by atoms with Crippen molar-refractivity contribution in [2.75, 3.05) is 7.11 Å². The maximum atomic E-state index is 12.9. The lowest BCUT2D eigenvalue weighted by atomic mass is 9.97. The van der Waals surface area contributed by atoms with Crippen molar-refractivity contribution in [3.8, 4) is 23.1 Å². The molecule has 0 atom stereocenters. The minimum atomic E-state index is -0.238. The van der Waals surface area contributed by atoms with E-state index in [0.717, 1.165) is 0 Å². The molecule has 0 saturated carbocycles. The van der Waals surface area contributed by atoms with Gasteiger partial charge in [-0.1, -0.05) is 13.8 Å². The van der Waals surface area contributed by atoms with E-state index in [1.165, 1.54) is 17.8 Å². The first kappa shape index (κ1) is 16.7. The molecule has 0 aliphatic rings. The second-order valence-electron chi connectivity index (χ2n) is 5.98. The minimum absolute atomic E-state index is 0.0691. The Morgan fingerprint density at radius 2 is 2.20 bits per heavy atom. The number of nitrogens with one attached hydrogen (secondary N) is 1. The summed E-state index contributed by atoms with van der Waals surface area (Å²) in [5, 5.41) is 21.6. The molecule has 7 nitrogen and oxygen atoms in total. The van der Waals surface area contributed by atoms with Crippen molar-refractivity contribution in [1.29, 1.82) is 5.26 Å². The predicted octanol–water partition coefficient (Wildman–Crippen LogP) is 2.19. The molecule has 25 heavy (non-hydrogen) atoms. The van der Waals surface area contributed by atoms with E-state index in [-0.39, 0.29) is 23.7 Å². The Morgan fingerprint density at radius 1 is 1.44 bits per heavy atom. The average molecular weight is 338 g/mol. The van der Waals surface area contributed by atoms with Crippen LogP contribution in [0.25, 0.3) is 16.9 Å². The van der Waals surface area contributed by atoms with Gasteiger partial charge in [-0.2, -0.15) is 5.26 Å². The van der Waals surface area contributed by atoms with Crippen LogP contribution in [-0.2, 0) is 6.61 Å². The number of nitrogens with zero attached hydrogens (tertiary/aromatic N) is 3. The molecule has 0 amide bonds. The molecule has 0 fully saturated rings. The first-order valence-electron chi connectivity index (χ1n) is 7.84. The van der Waals surface area contributed by atoms with Crippen LogP contribution in [0, 0.1) is 11.3 Å². The summed E-state index contributed by atoms with van der Waals surface area (Å²) in [5.74, 6) is 0.495. The van der Waals surface area contributed by atoms with Crippen molar-refractivity contribution in [1.82, 2.24) is 14.6 Å². The van der Waals surface area contributed by atoms with Gasteiger partial charge in [-0.3, -0.25) is 9.89 Å². The second kappa shape index (κ2) is 6.42. The number of methoxy groups -OCH3 is 1. The zero-order chi connectivity index (χ0) is 18.1. The van der Waals surface area contributed by atoms with Crippen LogP contribution in [0.15, 0.2) is 29.2 Å².